The highest BCUT2D eigenvalue weighted by atomic mass is 16.2. The standard InChI is InChI=1S/C14H18O2/c15-13-9-5-8-12(10-14(13)16)11-6-3-1-2-4-7-11/h6,10H,1-5,7-9H2. The van der Waals surface area contributed by atoms with Crippen molar-refractivity contribution in [1.29, 1.82) is 0 Å². The number of hydrogen-bond donors (Lipinski definition) is 0. The minimum atomic E-state index is -0.294. The van der Waals surface area contributed by atoms with Crippen LogP contribution < -0.4 is 0 Å². The molecule has 0 amide bonds. The Morgan fingerprint density at radius 3 is 2.50 bits per heavy atom. The van der Waals surface area contributed by atoms with Crippen molar-refractivity contribution < 1.29 is 9.59 Å². The maximum Gasteiger partial charge on any atom is 0.221 e. The molecule has 0 bridgehead atoms. The van der Waals surface area contributed by atoms with Gasteiger partial charge in [0, 0.05) is 6.42 Å². The Bertz CT molecular complexity index is 361. The highest BCUT2D eigenvalue weighted by Crippen LogP contribution is 2.28. The fourth-order valence-electron chi connectivity index (χ4n) is 2.43. The van der Waals surface area contributed by atoms with E-state index in [4.69, 9.17) is 0 Å². The molecule has 0 radical (unpaired) electrons. The summed E-state index contributed by atoms with van der Waals surface area (Å²) < 4.78 is 0. The van der Waals surface area contributed by atoms with E-state index >= 15 is 0 Å². The molecule has 0 saturated heterocycles. The number of carbonyl (C=O) groups is 2. The molecule has 16 heavy (non-hydrogen) atoms. The lowest BCUT2D eigenvalue weighted by Gasteiger charge is -2.08. The molecule has 2 aliphatic rings. The van der Waals surface area contributed by atoms with Crippen molar-refractivity contribution in [2.24, 2.45) is 0 Å². The highest BCUT2D eigenvalue weighted by Gasteiger charge is 2.18. The topological polar surface area (TPSA) is 34.1 Å². The van der Waals surface area contributed by atoms with E-state index in [-0.39, 0.29) is 11.6 Å². The summed E-state index contributed by atoms with van der Waals surface area (Å²) in [6.07, 6.45) is 11.9. The van der Waals surface area contributed by atoms with Crippen LogP contribution in [0.15, 0.2) is 23.3 Å². The van der Waals surface area contributed by atoms with E-state index in [0.29, 0.717) is 6.42 Å². The van der Waals surface area contributed by atoms with E-state index in [1.807, 2.05) is 0 Å². The normalized spacial score (nSPS) is 23.2. The SMILES string of the molecule is O=C1C=C(C2=CCCCCC2)CCCC1=O. The molecular formula is C14H18O2. The summed E-state index contributed by atoms with van der Waals surface area (Å²) in [6, 6.07) is 0. The Labute approximate surface area is 96.4 Å². The summed E-state index contributed by atoms with van der Waals surface area (Å²) in [5.41, 5.74) is 2.44. The largest absolute Gasteiger partial charge is 0.291 e. The molecule has 0 heterocycles. The van der Waals surface area contributed by atoms with Gasteiger partial charge in [-0.15, -0.1) is 0 Å². The fraction of sp³-hybridized carbons (Fsp3) is 0.571. The number of allylic oxidation sites excluding steroid dienone is 4. The second kappa shape index (κ2) is 5.24. The highest BCUT2D eigenvalue weighted by molar-refractivity contribution is 6.41. The lowest BCUT2D eigenvalue weighted by molar-refractivity contribution is -0.133. The van der Waals surface area contributed by atoms with Crippen LogP contribution in [-0.2, 0) is 9.59 Å². The summed E-state index contributed by atoms with van der Waals surface area (Å²) in [6.45, 7) is 0. The Balaban J connectivity index is 2.18. The lowest BCUT2D eigenvalue weighted by atomic mass is 9.97. The molecule has 0 fully saturated rings. The molecule has 86 valence electrons. The first-order valence-electron chi connectivity index (χ1n) is 6.24. The van der Waals surface area contributed by atoms with Crippen LogP contribution in [0.25, 0.3) is 0 Å². The van der Waals surface area contributed by atoms with Crippen molar-refractivity contribution in [1.82, 2.24) is 0 Å². The van der Waals surface area contributed by atoms with Crippen LogP contribution in [0.3, 0.4) is 0 Å². The predicted molar refractivity (Wildman–Crippen MR) is 63.1 cm³/mol. The van der Waals surface area contributed by atoms with Gasteiger partial charge >= 0.3 is 0 Å². The van der Waals surface area contributed by atoms with Crippen molar-refractivity contribution in [2.45, 2.75) is 51.4 Å². The van der Waals surface area contributed by atoms with Gasteiger partial charge < -0.3 is 0 Å². The third-order valence-corrected chi connectivity index (χ3v) is 3.38. The van der Waals surface area contributed by atoms with E-state index in [0.717, 1.165) is 31.3 Å². The third kappa shape index (κ3) is 2.69. The van der Waals surface area contributed by atoms with Crippen molar-refractivity contribution in [3.8, 4) is 0 Å². The van der Waals surface area contributed by atoms with Crippen molar-refractivity contribution in [3.63, 3.8) is 0 Å². The van der Waals surface area contributed by atoms with Gasteiger partial charge in [-0.25, -0.2) is 0 Å². The molecular weight excluding hydrogens is 200 g/mol. The van der Waals surface area contributed by atoms with Gasteiger partial charge in [0.1, 0.15) is 0 Å². The second-order valence-corrected chi connectivity index (χ2v) is 4.64. The Kier molecular flexibility index (Phi) is 3.70. The van der Waals surface area contributed by atoms with Gasteiger partial charge in [-0.3, -0.25) is 9.59 Å². The maximum atomic E-state index is 11.5. The molecule has 0 spiro atoms. The summed E-state index contributed by atoms with van der Waals surface area (Å²) in [7, 11) is 0. The van der Waals surface area contributed by atoms with Crippen LogP contribution in [0.2, 0.25) is 0 Å². The number of Topliss-reactive ketones (excluding diaryl/α,β-unsaturated/α-hetero) is 1. The molecule has 2 nitrogen and oxygen atoms in total. The molecule has 0 N–H and O–H groups in total. The van der Waals surface area contributed by atoms with Gasteiger partial charge in [-0.2, -0.15) is 0 Å². The second-order valence-electron chi connectivity index (χ2n) is 4.64. The average Bonchev–Trinajstić information content (AvgIpc) is 2.62. The number of hydrogen-bond acceptors (Lipinski definition) is 2. The zero-order chi connectivity index (χ0) is 11.4. The van der Waals surface area contributed by atoms with Gasteiger partial charge in [0.15, 0.2) is 0 Å². The van der Waals surface area contributed by atoms with E-state index in [9.17, 15) is 9.59 Å². The monoisotopic (exact) mass is 218 g/mol. The smallest absolute Gasteiger partial charge is 0.221 e. The Morgan fingerprint density at radius 1 is 0.812 bits per heavy atom. The molecule has 0 aromatic rings. The quantitative estimate of drug-likeness (QED) is 0.634. The maximum absolute atomic E-state index is 11.5. The van der Waals surface area contributed by atoms with Crippen LogP contribution in [0.5, 0.6) is 0 Å². The van der Waals surface area contributed by atoms with Crippen LogP contribution in [-0.4, -0.2) is 11.6 Å². The minimum absolute atomic E-state index is 0.218. The predicted octanol–water partition coefficient (Wildman–Crippen LogP) is 3.13. The summed E-state index contributed by atoms with van der Waals surface area (Å²) in [5.74, 6) is -0.512. The molecule has 2 heteroatoms. The van der Waals surface area contributed by atoms with Crippen LogP contribution >= 0.6 is 0 Å². The lowest BCUT2D eigenvalue weighted by Crippen LogP contribution is -2.08. The van der Waals surface area contributed by atoms with E-state index in [1.54, 1.807) is 6.08 Å². The van der Waals surface area contributed by atoms with Crippen molar-refractivity contribution >= 4 is 11.6 Å². The summed E-state index contributed by atoms with van der Waals surface area (Å²) in [4.78, 5) is 22.8. The van der Waals surface area contributed by atoms with Gasteiger partial charge in [-0.05, 0) is 55.7 Å². The summed E-state index contributed by atoms with van der Waals surface area (Å²) >= 11 is 0. The Hall–Kier alpha value is -1.18. The van der Waals surface area contributed by atoms with Crippen molar-refractivity contribution in [2.75, 3.05) is 0 Å². The van der Waals surface area contributed by atoms with Gasteiger partial charge in [0.2, 0.25) is 11.6 Å². The molecule has 0 aromatic carbocycles. The van der Waals surface area contributed by atoms with Crippen molar-refractivity contribution in [3.05, 3.63) is 23.3 Å². The molecule has 0 saturated carbocycles. The van der Waals surface area contributed by atoms with E-state index in [2.05, 4.69) is 6.08 Å². The molecule has 0 aromatic heterocycles. The number of carbonyl (C=O) groups excluding carboxylic acids is 2. The zero-order valence-electron chi connectivity index (χ0n) is 9.63. The molecule has 2 rings (SSSR count). The molecule has 2 aliphatic carbocycles. The van der Waals surface area contributed by atoms with E-state index < -0.39 is 0 Å². The average molecular weight is 218 g/mol. The van der Waals surface area contributed by atoms with Gasteiger partial charge in [0.25, 0.3) is 0 Å². The summed E-state index contributed by atoms with van der Waals surface area (Å²) in [5, 5.41) is 0. The third-order valence-electron chi connectivity index (χ3n) is 3.38. The van der Waals surface area contributed by atoms with Crippen LogP contribution in [0.1, 0.15) is 51.4 Å². The number of rotatable bonds is 1. The first kappa shape index (κ1) is 11.3. The number of ketones is 2. The first-order valence-corrected chi connectivity index (χ1v) is 6.24. The fourth-order valence-corrected chi connectivity index (χ4v) is 2.43. The zero-order valence-corrected chi connectivity index (χ0v) is 9.63. The van der Waals surface area contributed by atoms with Gasteiger partial charge in [-0.1, -0.05) is 12.5 Å². The molecule has 0 aliphatic heterocycles. The minimum Gasteiger partial charge on any atom is -0.291 e. The van der Waals surface area contributed by atoms with E-state index in [1.165, 1.54) is 24.8 Å². The van der Waals surface area contributed by atoms with Crippen LogP contribution in [0, 0.1) is 0 Å². The molecule has 0 unspecified atom stereocenters. The molecule has 0 atom stereocenters. The van der Waals surface area contributed by atoms with Gasteiger partial charge in [0.05, 0.1) is 0 Å². The Morgan fingerprint density at radius 2 is 1.62 bits per heavy atom. The van der Waals surface area contributed by atoms with Crippen LogP contribution in [0.4, 0.5) is 0 Å². The first-order chi connectivity index (χ1) is 7.77.